The molecular formula is C45H33N3Si. The first-order valence-electron chi connectivity index (χ1n) is 16.7. The van der Waals surface area contributed by atoms with Gasteiger partial charge in [-0.3, -0.25) is 4.57 Å². The topological polar surface area (TPSA) is 30.7 Å². The van der Waals surface area contributed by atoms with E-state index in [0.29, 0.717) is 5.95 Å². The lowest BCUT2D eigenvalue weighted by atomic mass is 10.0. The highest BCUT2D eigenvalue weighted by molar-refractivity contribution is 7.10. The molecule has 0 aliphatic carbocycles. The van der Waals surface area contributed by atoms with Crippen molar-refractivity contribution in [2.45, 2.75) is 6.55 Å². The second kappa shape index (κ2) is 11.9. The lowest BCUT2D eigenvalue weighted by Gasteiger charge is -2.29. The van der Waals surface area contributed by atoms with Crippen LogP contribution in [-0.4, -0.2) is 22.6 Å². The Bertz CT molecular complexity index is 2530. The van der Waals surface area contributed by atoms with E-state index in [1.807, 2.05) is 12.4 Å². The first-order chi connectivity index (χ1) is 24.2. The van der Waals surface area contributed by atoms with Gasteiger partial charge in [0.1, 0.15) is 8.07 Å². The summed E-state index contributed by atoms with van der Waals surface area (Å²) in [6.45, 7) is 2.46. The van der Waals surface area contributed by atoms with Gasteiger partial charge in [-0.25, -0.2) is 9.97 Å². The van der Waals surface area contributed by atoms with E-state index in [9.17, 15) is 0 Å². The van der Waals surface area contributed by atoms with Crippen LogP contribution in [0.2, 0.25) is 6.55 Å². The fraction of sp³-hybridized carbons (Fsp3) is 0.0222. The molecule has 49 heavy (non-hydrogen) atoms. The minimum Gasteiger partial charge on any atom is -0.277 e. The van der Waals surface area contributed by atoms with Crippen molar-refractivity contribution in [2.24, 2.45) is 0 Å². The van der Waals surface area contributed by atoms with E-state index >= 15 is 0 Å². The Kier molecular flexibility index (Phi) is 7.03. The molecule has 3 nitrogen and oxygen atoms in total. The molecule has 2 aromatic heterocycles. The lowest BCUT2D eigenvalue weighted by Crippen LogP contribution is -2.64. The van der Waals surface area contributed by atoms with Gasteiger partial charge < -0.3 is 0 Å². The van der Waals surface area contributed by atoms with Crippen molar-refractivity contribution >= 4 is 56.2 Å². The van der Waals surface area contributed by atoms with E-state index in [0.717, 1.165) is 22.2 Å². The minimum atomic E-state index is -2.14. The zero-order chi connectivity index (χ0) is 32.8. The molecule has 0 radical (unpaired) electrons. The van der Waals surface area contributed by atoms with Crippen molar-refractivity contribution < 1.29 is 0 Å². The van der Waals surface area contributed by atoms with Crippen LogP contribution in [0.3, 0.4) is 0 Å². The Morgan fingerprint density at radius 2 is 0.898 bits per heavy atom. The Labute approximate surface area is 286 Å². The number of aromatic nitrogens is 3. The molecule has 0 fully saturated rings. The van der Waals surface area contributed by atoms with Crippen molar-refractivity contribution in [3.05, 3.63) is 182 Å². The molecule has 0 aliphatic rings. The van der Waals surface area contributed by atoms with Crippen molar-refractivity contribution in [3.8, 4) is 28.2 Å². The highest BCUT2D eigenvalue weighted by Crippen LogP contribution is 2.36. The van der Waals surface area contributed by atoms with Gasteiger partial charge in [-0.1, -0.05) is 170 Å². The second-order valence-corrected chi connectivity index (χ2v) is 16.8. The van der Waals surface area contributed by atoms with E-state index in [1.54, 1.807) is 0 Å². The molecule has 7 aromatic carbocycles. The third-order valence-electron chi connectivity index (χ3n) is 10.1. The molecule has 0 aliphatic heterocycles. The third kappa shape index (κ3) is 4.88. The van der Waals surface area contributed by atoms with E-state index in [2.05, 4.69) is 181 Å². The van der Waals surface area contributed by atoms with Crippen LogP contribution in [0.5, 0.6) is 0 Å². The van der Waals surface area contributed by atoms with Crippen LogP contribution in [0.1, 0.15) is 0 Å². The average Bonchev–Trinajstić information content (AvgIpc) is 3.53. The number of fused-ring (bicyclic) bond motifs is 5. The maximum atomic E-state index is 4.92. The molecule has 0 saturated carbocycles. The van der Waals surface area contributed by atoms with Gasteiger partial charge in [0.25, 0.3) is 0 Å². The summed E-state index contributed by atoms with van der Waals surface area (Å²) in [6, 6.07) is 61.4. The predicted molar refractivity (Wildman–Crippen MR) is 208 cm³/mol. The number of benzene rings is 7. The summed E-state index contributed by atoms with van der Waals surface area (Å²) in [6.07, 6.45) is 3.88. The van der Waals surface area contributed by atoms with Crippen molar-refractivity contribution in [2.75, 3.05) is 0 Å². The SMILES string of the molecule is C[Si](c1ccccc1)(c1ccccc1)c1ccc(-c2ccc(-c3cnc(-n4c5ccccc5c5ccc6ccccc6c54)nc3)cc2)cc1. The number of hydrogen-bond acceptors (Lipinski definition) is 2. The van der Waals surface area contributed by atoms with E-state index in [1.165, 1.54) is 48.2 Å². The van der Waals surface area contributed by atoms with Crippen LogP contribution in [0, 0.1) is 0 Å². The molecule has 9 aromatic rings. The molecule has 2 heterocycles. The first-order valence-corrected chi connectivity index (χ1v) is 19.2. The molecule has 0 N–H and O–H groups in total. The average molecular weight is 644 g/mol. The Morgan fingerprint density at radius 1 is 0.408 bits per heavy atom. The minimum absolute atomic E-state index is 0.671. The van der Waals surface area contributed by atoms with Gasteiger partial charge in [-0.2, -0.15) is 0 Å². The zero-order valence-corrected chi connectivity index (χ0v) is 28.2. The molecule has 0 atom stereocenters. The fourth-order valence-electron chi connectivity index (χ4n) is 7.42. The monoisotopic (exact) mass is 643 g/mol. The Balaban J connectivity index is 1.03. The standard InChI is InChI=1S/C45H33N3Si/c1-49(37-13-4-2-5-14-37,38-15-6-3-7-16-38)39-27-24-33(25-28-39)32-20-22-34(23-21-32)36-30-46-45(47-31-36)48-43-19-11-10-18-41(43)42-29-26-35-12-8-9-17-40(35)44(42)48/h2-31H,1H3. The third-order valence-corrected chi connectivity index (χ3v) is 14.6. The van der Waals surface area contributed by atoms with Crippen LogP contribution in [0.4, 0.5) is 0 Å². The normalized spacial score (nSPS) is 11.8. The molecule has 0 unspecified atom stereocenters. The summed E-state index contributed by atoms with van der Waals surface area (Å²) >= 11 is 0. The number of para-hydroxylation sites is 1. The lowest BCUT2D eigenvalue weighted by molar-refractivity contribution is 0.992. The Hall–Kier alpha value is -6.10. The van der Waals surface area contributed by atoms with Crippen molar-refractivity contribution in [1.29, 1.82) is 0 Å². The Morgan fingerprint density at radius 3 is 1.53 bits per heavy atom. The molecule has 0 saturated heterocycles. The van der Waals surface area contributed by atoms with E-state index in [4.69, 9.17) is 9.97 Å². The number of hydrogen-bond donors (Lipinski definition) is 0. The number of rotatable bonds is 6. The largest absolute Gasteiger partial charge is 0.277 e. The van der Waals surface area contributed by atoms with Gasteiger partial charge in [0.05, 0.1) is 11.0 Å². The molecule has 0 bridgehead atoms. The molecular weight excluding hydrogens is 611 g/mol. The predicted octanol–water partition coefficient (Wildman–Crippen LogP) is 9.16. The maximum absolute atomic E-state index is 4.92. The molecule has 0 amide bonds. The first kappa shape index (κ1) is 29.1. The van der Waals surface area contributed by atoms with E-state index in [-0.39, 0.29) is 0 Å². The van der Waals surface area contributed by atoms with Gasteiger partial charge in [0.15, 0.2) is 0 Å². The summed E-state index contributed by atoms with van der Waals surface area (Å²) in [5.74, 6) is 0.671. The summed E-state index contributed by atoms with van der Waals surface area (Å²) in [5.41, 5.74) is 6.72. The maximum Gasteiger partial charge on any atom is 0.234 e. The smallest absolute Gasteiger partial charge is 0.234 e. The van der Waals surface area contributed by atoms with Crippen LogP contribution >= 0.6 is 0 Å². The van der Waals surface area contributed by atoms with Gasteiger partial charge >= 0.3 is 0 Å². The summed E-state index contributed by atoms with van der Waals surface area (Å²) in [4.78, 5) is 9.85. The zero-order valence-electron chi connectivity index (χ0n) is 27.2. The van der Waals surface area contributed by atoms with E-state index < -0.39 is 8.07 Å². The van der Waals surface area contributed by atoms with Crippen LogP contribution in [0.15, 0.2) is 182 Å². The molecule has 9 rings (SSSR count). The van der Waals surface area contributed by atoms with Gasteiger partial charge in [0.2, 0.25) is 5.95 Å². The highest BCUT2D eigenvalue weighted by atomic mass is 28.3. The van der Waals surface area contributed by atoms with Crippen molar-refractivity contribution in [3.63, 3.8) is 0 Å². The van der Waals surface area contributed by atoms with Crippen LogP contribution in [-0.2, 0) is 0 Å². The molecule has 0 spiro atoms. The molecule has 232 valence electrons. The van der Waals surface area contributed by atoms with Gasteiger partial charge in [0, 0.05) is 34.1 Å². The van der Waals surface area contributed by atoms with Crippen LogP contribution in [0.25, 0.3) is 60.8 Å². The summed E-state index contributed by atoms with van der Waals surface area (Å²) < 4.78 is 2.20. The fourth-order valence-corrected chi connectivity index (χ4v) is 11.0. The highest BCUT2D eigenvalue weighted by Gasteiger charge is 2.33. The summed E-state index contributed by atoms with van der Waals surface area (Å²) in [7, 11) is -2.14. The van der Waals surface area contributed by atoms with Crippen molar-refractivity contribution in [1.82, 2.24) is 14.5 Å². The quantitative estimate of drug-likeness (QED) is 0.134. The summed E-state index contributed by atoms with van der Waals surface area (Å²) in [5, 5.41) is 9.03. The van der Waals surface area contributed by atoms with Crippen LogP contribution < -0.4 is 15.6 Å². The number of nitrogens with zero attached hydrogens (tertiary/aromatic N) is 3. The van der Waals surface area contributed by atoms with Gasteiger partial charge in [-0.15, -0.1) is 0 Å². The second-order valence-electron chi connectivity index (χ2n) is 12.8. The molecule has 4 heteroatoms. The van der Waals surface area contributed by atoms with Gasteiger partial charge in [-0.05, 0) is 43.7 Å².